The molecule has 1 amide bonds. The van der Waals surface area contributed by atoms with E-state index in [1.807, 2.05) is 15.7 Å². The van der Waals surface area contributed by atoms with Crippen molar-refractivity contribution in [1.82, 2.24) is 14.5 Å². The highest BCUT2D eigenvalue weighted by Gasteiger charge is 2.25. The van der Waals surface area contributed by atoms with Crippen LogP contribution in [0.15, 0.2) is 49.1 Å². The Morgan fingerprint density at radius 2 is 2.06 bits per heavy atom. The average Bonchev–Trinajstić information content (AvgIpc) is 3.36. The van der Waals surface area contributed by atoms with Gasteiger partial charge in [-0.05, 0) is 43.5 Å². The molecule has 1 aliphatic rings. The number of benzene rings is 1. The molecule has 0 spiro atoms. The smallest absolute Gasteiger partial charge is 0.311 e. The van der Waals surface area contributed by atoms with Crippen LogP contribution < -0.4 is 21.3 Å². The Hall–Kier alpha value is -4.22. The van der Waals surface area contributed by atoms with Crippen LogP contribution in [0.3, 0.4) is 0 Å². The molecule has 3 aromatic rings. The molecule has 184 valence electrons. The molecule has 1 fully saturated rings. The number of piperidine rings is 1. The summed E-state index contributed by atoms with van der Waals surface area (Å²) in [6.45, 7) is 2.44. The third-order valence-electron chi connectivity index (χ3n) is 5.98. The zero-order valence-electron chi connectivity index (χ0n) is 19.1. The standard InChI is InChI=1S/C23H27FN8O3/c24-18-14-17(2-3-19(18)31-11-6-16(7-12-31)22(25)33)28-23-20(32(34)35)4-5-21(29-23)27-8-1-10-30-13-9-26-15-30/h2-5,9,13-16H,1,6-8,10-12H2,(H2,25,33)(H2,27,28,29). The van der Waals surface area contributed by atoms with Crippen LogP contribution in [0.5, 0.6) is 0 Å². The fraction of sp³-hybridized carbons (Fsp3) is 0.348. The Balaban J connectivity index is 1.42. The van der Waals surface area contributed by atoms with Gasteiger partial charge in [-0.25, -0.2) is 14.4 Å². The van der Waals surface area contributed by atoms with Gasteiger partial charge in [0.25, 0.3) is 0 Å². The monoisotopic (exact) mass is 482 g/mol. The predicted octanol–water partition coefficient (Wildman–Crippen LogP) is 3.27. The summed E-state index contributed by atoms with van der Waals surface area (Å²) >= 11 is 0. The summed E-state index contributed by atoms with van der Waals surface area (Å²) in [7, 11) is 0. The summed E-state index contributed by atoms with van der Waals surface area (Å²) in [6.07, 6.45) is 7.28. The number of nitrogens with zero attached hydrogens (tertiary/aromatic N) is 5. The summed E-state index contributed by atoms with van der Waals surface area (Å²) in [5.41, 5.74) is 5.91. The van der Waals surface area contributed by atoms with Gasteiger partial charge in [0.15, 0.2) is 0 Å². The van der Waals surface area contributed by atoms with Crippen molar-refractivity contribution in [2.75, 3.05) is 35.2 Å². The van der Waals surface area contributed by atoms with Crippen molar-refractivity contribution in [3.8, 4) is 0 Å². The first-order valence-corrected chi connectivity index (χ1v) is 11.4. The van der Waals surface area contributed by atoms with E-state index in [0.717, 1.165) is 13.0 Å². The van der Waals surface area contributed by atoms with Gasteiger partial charge in [0.1, 0.15) is 11.6 Å². The van der Waals surface area contributed by atoms with E-state index in [1.165, 1.54) is 12.1 Å². The fourth-order valence-electron chi connectivity index (χ4n) is 4.07. The number of nitro groups is 1. The number of hydrogen-bond donors (Lipinski definition) is 3. The summed E-state index contributed by atoms with van der Waals surface area (Å²) in [6, 6.07) is 7.45. The molecular formula is C23H27FN8O3. The molecule has 12 heteroatoms. The lowest BCUT2D eigenvalue weighted by molar-refractivity contribution is -0.384. The van der Waals surface area contributed by atoms with E-state index in [4.69, 9.17) is 5.73 Å². The number of nitrogens with one attached hydrogen (secondary N) is 2. The number of imidazole rings is 1. The number of carbonyl (C=O) groups excluding carboxylic acids is 1. The van der Waals surface area contributed by atoms with E-state index < -0.39 is 10.7 Å². The second-order valence-electron chi connectivity index (χ2n) is 8.36. The molecule has 2 aromatic heterocycles. The molecule has 1 aliphatic heterocycles. The highest BCUT2D eigenvalue weighted by atomic mass is 19.1. The number of amides is 1. The molecule has 4 N–H and O–H groups in total. The van der Waals surface area contributed by atoms with Crippen LogP contribution in [-0.2, 0) is 11.3 Å². The SMILES string of the molecule is NC(=O)C1CCN(c2ccc(Nc3nc(NCCCn4ccnc4)ccc3[N+](=O)[O-])cc2F)CC1. The molecule has 0 atom stereocenters. The summed E-state index contributed by atoms with van der Waals surface area (Å²) in [4.78, 5) is 32.5. The van der Waals surface area contributed by atoms with Crippen molar-refractivity contribution in [2.24, 2.45) is 11.7 Å². The first-order valence-electron chi connectivity index (χ1n) is 11.4. The Kier molecular flexibility index (Phi) is 7.38. The van der Waals surface area contributed by atoms with E-state index in [2.05, 4.69) is 20.6 Å². The van der Waals surface area contributed by atoms with Crippen molar-refractivity contribution in [2.45, 2.75) is 25.8 Å². The van der Waals surface area contributed by atoms with E-state index in [9.17, 15) is 19.3 Å². The Morgan fingerprint density at radius 3 is 2.71 bits per heavy atom. The quantitative estimate of drug-likeness (QED) is 0.227. The minimum atomic E-state index is -0.536. The van der Waals surface area contributed by atoms with E-state index in [0.29, 0.717) is 49.7 Å². The van der Waals surface area contributed by atoms with Crippen molar-refractivity contribution in [1.29, 1.82) is 0 Å². The first-order chi connectivity index (χ1) is 16.9. The number of primary amides is 1. The van der Waals surface area contributed by atoms with Crippen LogP contribution in [0.2, 0.25) is 0 Å². The maximum atomic E-state index is 14.9. The van der Waals surface area contributed by atoms with Gasteiger partial charge in [-0.1, -0.05) is 0 Å². The fourth-order valence-corrected chi connectivity index (χ4v) is 4.07. The Morgan fingerprint density at radius 1 is 1.26 bits per heavy atom. The van der Waals surface area contributed by atoms with Gasteiger partial charge in [0.05, 0.1) is 16.9 Å². The number of aromatic nitrogens is 3. The largest absolute Gasteiger partial charge is 0.370 e. The highest BCUT2D eigenvalue weighted by Crippen LogP contribution is 2.31. The van der Waals surface area contributed by atoms with Gasteiger partial charge in [0, 0.05) is 56.2 Å². The number of halogens is 1. The van der Waals surface area contributed by atoms with Crippen LogP contribution in [0.25, 0.3) is 0 Å². The zero-order valence-corrected chi connectivity index (χ0v) is 19.1. The molecule has 35 heavy (non-hydrogen) atoms. The van der Waals surface area contributed by atoms with Crippen LogP contribution in [0.4, 0.5) is 33.1 Å². The lowest BCUT2D eigenvalue weighted by Gasteiger charge is -2.32. The Labute approximate surface area is 201 Å². The third-order valence-corrected chi connectivity index (χ3v) is 5.98. The molecule has 11 nitrogen and oxygen atoms in total. The van der Waals surface area contributed by atoms with Crippen molar-refractivity contribution < 1.29 is 14.1 Å². The van der Waals surface area contributed by atoms with Gasteiger partial charge >= 0.3 is 5.69 Å². The van der Waals surface area contributed by atoms with Gasteiger partial charge in [-0.15, -0.1) is 0 Å². The molecule has 0 aliphatic carbocycles. The maximum Gasteiger partial charge on any atom is 0.311 e. The molecule has 0 radical (unpaired) electrons. The van der Waals surface area contributed by atoms with Crippen molar-refractivity contribution >= 4 is 34.6 Å². The first kappa shape index (κ1) is 23.9. The van der Waals surface area contributed by atoms with E-state index in [-0.39, 0.29) is 23.3 Å². The number of anilines is 4. The predicted molar refractivity (Wildman–Crippen MR) is 130 cm³/mol. The van der Waals surface area contributed by atoms with E-state index >= 15 is 0 Å². The van der Waals surface area contributed by atoms with Crippen molar-refractivity contribution in [3.05, 3.63) is 65.0 Å². The molecule has 1 saturated heterocycles. The molecule has 4 rings (SSSR count). The van der Waals surface area contributed by atoms with Crippen LogP contribution >= 0.6 is 0 Å². The normalized spacial score (nSPS) is 14.0. The van der Waals surface area contributed by atoms with Crippen LogP contribution in [0.1, 0.15) is 19.3 Å². The minimum absolute atomic E-state index is 0.0176. The van der Waals surface area contributed by atoms with Gasteiger partial charge in [-0.3, -0.25) is 14.9 Å². The molecule has 1 aromatic carbocycles. The number of pyridine rings is 1. The van der Waals surface area contributed by atoms with E-state index in [1.54, 1.807) is 30.7 Å². The Bertz CT molecular complexity index is 1180. The molecule has 0 unspecified atom stereocenters. The van der Waals surface area contributed by atoms with Crippen LogP contribution in [0, 0.1) is 21.8 Å². The maximum absolute atomic E-state index is 14.9. The number of rotatable bonds is 10. The van der Waals surface area contributed by atoms with Crippen molar-refractivity contribution in [3.63, 3.8) is 0 Å². The van der Waals surface area contributed by atoms with Gasteiger partial charge < -0.3 is 25.8 Å². The molecule has 0 bridgehead atoms. The molecule has 3 heterocycles. The minimum Gasteiger partial charge on any atom is -0.370 e. The lowest BCUT2D eigenvalue weighted by Crippen LogP contribution is -2.38. The summed E-state index contributed by atoms with van der Waals surface area (Å²) in [5, 5.41) is 17.5. The number of aryl methyl sites for hydroxylation is 1. The second-order valence-corrected chi connectivity index (χ2v) is 8.36. The number of carbonyl (C=O) groups is 1. The van der Waals surface area contributed by atoms with Crippen LogP contribution in [-0.4, -0.2) is 45.0 Å². The van der Waals surface area contributed by atoms with Gasteiger partial charge in [0.2, 0.25) is 11.7 Å². The summed E-state index contributed by atoms with van der Waals surface area (Å²) in [5.74, 6) is -0.492. The number of hydrogen-bond acceptors (Lipinski definition) is 8. The average molecular weight is 483 g/mol. The van der Waals surface area contributed by atoms with Gasteiger partial charge in [-0.2, -0.15) is 0 Å². The summed E-state index contributed by atoms with van der Waals surface area (Å²) < 4.78 is 16.9. The zero-order chi connectivity index (χ0) is 24.8. The highest BCUT2D eigenvalue weighted by molar-refractivity contribution is 5.77. The lowest BCUT2D eigenvalue weighted by atomic mass is 9.96. The third kappa shape index (κ3) is 6.02. The topological polar surface area (TPSA) is 144 Å². The molecular weight excluding hydrogens is 455 g/mol. The second kappa shape index (κ2) is 10.8. The molecule has 0 saturated carbocycles. The number of nitrogens with two attached hydrogens (primary N) is 1.